The smallest absolute Gasteiger partial charge is 0.0641 e. The molecule has 0 aliphatic rings. The second kappa shape index (κ2) is 7.24. The topological polar surface area (TPSA) is 9.34 Å². The van der Waals surface area contributed by atoms with Gasteiger partial charge in [-0.3, -0.25) is 0 Å². The molecule has 9 rings (SSSR count). The van der Waals surface area contributed by atoms with Gasteiger partial charge < -0.3 is 8.97 Å². The standard InChI is InChI=1S/C36H22N2/c1-2-9-23(10-3-1)24-17-19-25(20-18-24)37-32-16-8-13-28-26-11-4-6-14-30(26)38-31-15-7-5-12-27(31)29-21-22-33(37)35(34(28)32)36(29)38/h1-22H. The van der Waals surface area contributed by atoms with E-state index >= 15 is 0 Å². The van der Waals surface area contributed by atoms with Crippen molar-refractivity contribution in [3.05, 3.63) is 133 Å². The summed E-state index contributed by atoms with van der Waals surface area (Å²) in [6, 6.07) is 48.7. The molecule has 0 radical (unpaired) electrons. The summed E-state index contributed by atoms with van der Waals surface area (Å²) < 4.78 is 4.93. The number of para-hydroxylation sites is 2. The van der Waals surface area contributed by atoms with E-state index in [0.717, 1.165) is 0 Å². The second-order valence-electron chi connectivity index (χ2n) is 10.2. The summed E-state index contributed by atoms with van der Waals surface area (Å²) >= 11 is 0. The van der Waals surface area contributed by atoms with Gasteiger partial charge in [0.1, 0.15) is 0 Å². The maximum absolute atomic E-state index is 2.49. The molecule has 0 fully saturated rings. The van der Waals surface area contributed by atoms with Crippen LogP contribution >= 0.6 is 0 Å². The Labute approximate surface area is 218 Å². The molecule has 2 heteroatoms. The van der Waals surface area contributed by atoms with Crippen molar-refractivity contribution < 1.29 is 0 Å². The Kier molecular flexibility index (Phi) is 3.82. The zero-order valence-corrected chi connectivity index (χ0v) is 20.6. The molecule has 3 heterocycles. The predicted molar refractivity (Wildman–Crippen MR) is 161 cm³/mol. The van der Waals surface area contributed by atoms with Crippen LogP contribution in [0, 0.1) is 0 Å². The molecule has 2 nitrogen and oxygen atoms in total. The minimum absolute atomic E-state index is 1.18. The van der Waals surface area contributed by atoms with Gasteiger partial charge in [0.15, 0.2) is 0 Å². The first-order valence-electron chi connectivity index (χ1n) is 13.1. The highest BCUT2D eigenvalue weighted by atomic mass is 15.0. The van der Waals surface area contributed by atoms with E-state index in [0.29, 0.717) is 0 Å². The molecule has 0 N–H and O–H groups in total. The number of rotatable bonds is 2. The van der Waals surface area contributed by atoms with Gasteiger partial charge in [-0.25, -0.2) is 0 Å². The molecule has 176 valence electrons. The number of benzene rings is 6. The van der Waals surface area contributed by atoms with Crippen LogP contribution in [-0.4, -0.2) is 8.97 Å². The zero-order chi connectivity index (χ0) is 24.8. The molecule has 0 unspecified atom stereocenters. The van der Waals surface area contributed by atoms with Gasteiger partial charge in [0.2, 0.25) is 0 Å². The van der Waals surface area contributed by atoms with Crippen LogP contribution in [0.25, 0.3) is 76.7 Å². The van der Waals surface area contributed by atoms with Crippen molar-refractivity contribution in [2.75, 3.05) is 0 Å². The van der Waals surface area contributed by atoms with E-state index in [4.69, 9.17) is 0 Å². The first kappa shape index (κ1) is 20.0. The Hall–Kier alpha value is -5.08. The molecule has 38 heavy (non-hydrogen) atoms. The van der Waals surface area contributed by atoms with Crippen molar-refractivity contribution in [1.82, 2.24) is 8.97 Å². The third-order valence-corrected chi connectivity index (χ3v) is 8.26. The second-order valence-corrected chi connectivity index (χ2v) is 10.2. The minimum Gasteiger partial charge on any atom is -0.309 e. The monoisotopic (exact) mass is 482 g/mol. The van der Waals surface area contributed by atoms with E-state index in [2.05, 4.69) is 142 Å². The summed E-state index contributed by atoms with van der Waals surface area (Å²) in [5.74, 6) is 0. The van der Waals surface area contributed by atoms with Gasteiger partial charge in [-0.2, -0.15) is 0 Å². The molecule has 0 bridgehead atoms. The number of aromatic nitrogens is 2. The highest BCUT2D eigenvalue weighted by Gasteiger charge is 2.22. The van der Waals surface area contributed by atoms with Gasteiger partial charge in [0.25, 0.3) is 0 Å². The van der Waals surface area contributed by atoms with Crippen LogP contribution in [0.4, 0.5) is 0 Å². The summed E-state index contributed by atoms with van der Waals surface area (Å²) in [5.41, 5.74) is 9.92. The highest BCUT2D eigenvalue weighted by Crippen LogP contribution is 2.45. The lowest BCUT2D eigenvalue weighted by Crippen LogP contribution is -1.94. The van der Waals surface area contributed by atoms with E-state index in [1.54, 1.807) is 0 Å². The zero-order valence-electron chi connectivity index (χ0n) is 20.6. The molecule has 9 aromatic rings. The van der Waals surface area contributed by atoms with E-state index in [-0.39, 0.29) is 0 Å². The summed E-state index contributed by atoms with van der Waals surface area (Å²) in [5, 5.41) is 7.82. The predicted octanol–water partition coefficient (Wildman–Crippen LogP) is 9.60. The molecular weight excluding hydrogens is 460 g/mol. The fourth-order valence-electron chi connectivity index (χ4n) is 6.68. The fourth-order valence-corrected chi connectivity index (χ4v) is 6.68. The van der Waals surface area contributed by atoms with Crippen LogP contribution < -0.4 is 0 Å². The lowest BCUT2D eigenvalue weighted by Gasteiger charge is -2.10. The van der Waals surface area contributed by atoms with Gasteiger partial charge >= 0.3 is 0 Å². The lowest BCUT2D eigenvalue weighted by molar-refractivity contribution is 1.18. The van der Waals surface area contributed by atoms with Crippen LogP contribution in [0.3, 0.4) is 0 Å². The minimum atomic E-state index is 1.18. The summed E-state index contributed by atoms with van der Waals surface area (Å²) in [6.45, 7) is 0. The molecule has 0 amide bonds. The SMILES string of the molecule is c1ccc(-c2ccc(-n3c4cccc5c6ccccc6n6c7ccccc7c7ccc3c(c54)c76)cc2)cc1. The van der Waals surface area contributed by atoms with Gasteiger partial charge in [0.05, 0.1) is 27.6 Å². The normalized spacial score (nSPS) is 12.2. The molecule has 0 aliphatic heterocycles. The van der Waals surface area contributed by atoms with Crippen LogP contribution in [0.15, 0.2) is 133 Å². The lowest BCUT2D eigenvalue weighted by atomic mass is 10.0. The van der Waals surface area contributed by atoms with Crippen LogP contribution in [0.5, 0.6) is 0 Å². The molecule has 0 saturated heterocycles. The Bertz CT molecular complexity index is 2320. The Balaban J connectivity index is 1.49. The molecule has 0 saturated carbocycles. The third-order valence-electron chi connectivity index (χ3n) is 8.26. The van der Waals surface area contributed by atoms with Gasteiger partial charge in [0, 0.05) is 32.6 Å². The Morgan fingerprint density at radius 2 is 0.921 bits per heavy atom. The molecule has 0 atom stereocenters. The Morgan fingerprint density at radius 1 is 0.342 bits per heavy atom. The van der Waals surface area contributed by atoms with E-state index in [1.807, 2.05) is 0 Å². The largest absolute Gasteiger partial charge is 0.309 e. The first-order chi connectivity index (χ1) is 18.9. The molecule has 6 aromatic carbocycles. The molecule has 3 aromatic heterocycles. The van der Waals surface area contributed by atoms with Crippen molar-refractivity contribution in [3.8, 4) is 16.8 Å². The number of nitrogens with zero attached hydrogens (tertiary/aromatic N) is 2. The van der Waals surface area contributed by atoms with E-state index in [1.165, 1.54) is 76.7 Å². The van der Waals surface area contributed by atoms with Crippen LogP contribution in [0.2, 0.25) is 0 Å². The van der Waals surface area contributed by atoms with Crippen LogP contribution in [-0.2, 0) is 0 Å². The van der Waals surface area contributed by atoms with Crippen molar-refractivity contribution in [1.29, 1.82) is 0 Å². The quantitative estimate of drug-likeness (QED) is 0.232. The van der Waals surface area contributed by atoms with Gasteiger partial charge in [-0.1, -0.05) is 97.1 Å². The molecular formula is C36H22N2. The van der Waals surface area contributed by atoms with Crippen molar-refractivity contribution >= 4 is 59.9 Å². The van der Waals surface area contributed by atoms with E-state index in [9.17, 15) is 0 Å². The summed E-state index contributed by atoms with van der Waals surface area (Å²) in [7, 11) is 0. The van der Waals surface area contributed by atoms with Crippen LogP contribution in [0.1, 0.15) is 0 Å². The number of fused-ring (bicyclic) bond motifs is 6. The maximum atomic E-state index is 2.49. The number of hydrogen-bond acceptors (Lipinski definition) is 0. The summed E-state index contributed by atoms with van der Waals surface area (Å²) in [6.07, 6.45) is 0. The Morgan fingerprint density at radius 3 is 1.68 bits per heavy atom. The molecule has 0 spiro atoms. The average Bonchev–Trinajstić information content (AvgIpc) is 3.46. The molecule has 0 aliphatic carbocycles. The van der Waals surface area contributed by atoms with Gasteiger partial charge in [-0.05, 0) is 52.9 Å². The van der Waals surface area contributed by atoms with Crippen molar-refractivity contribution in [2.45, 2.75) is 0 Å². The van der Waals surface area contributed by atoms with E-state index < -0.39 is 0 Å². The summed E-state index contributed by atoms with van der Waals surface area (Å²) in [4.78, 5) is 0. The fraction of sp³-hybridized carbons (Fsp3) is 0. The third kappa shape index (κ3) is 2.47. The van der Waals surface area contributed by atoms with Crippen molar-refractivity contribution in [3.63, 3.8) is 0 Å². The average molecular weight is 483 g/mol. The van der Waals surface area contributed by atoms with Gasteiger partial charge in [-0.15, -0.1) is 0 Å². The van der Waals surface area contributed by atoms with Crippen molar-refractivity contribution in [2.24, 2.45) is 0 Å². The first-order valence-corrected chi connectivity index (χ1v) is 13.1. The number of hydrogen-bond donors (Lipinski definition) is 0. The maximum Gasteiger partial charge on any atom is 0.0641 e. The highest BCUT2D eigenvalue weighted by molar-refractivity contribution is 6.33.